The van der Waals surface area contributed by atoms with Gasteiger partial charge in [0.15, 0.2) is 0 Å². The zero-order valence-corrected chi connectivity index (χ0v) is 19.6. The van der Waals surface area contributed by atoms with Crippen molar-refractivity contribution in [3.63, 3.8) is 0 Å². The van der Waals surface area contributed by atoms with Gasteiger partial charge in [-0.25, -0.2) is 4.79 Å². The van der Waals surface area contributed by atoms with Crippen LogP contribution in [0, 0.1) is 9.62 Å². The number of hydrogen-bond acceptors (Lipinski definition) is 7. The van der Waals surface area contributed by atoms with Gasteiger partial charge >= 0.3 is 18.4 Å². The van der Waals surface area contributed by atoms with Gasteiger partial charge in [-0.15, -0.1) is 0 Å². The van der Waals surface area contributed by atoms with Gasteiger partial charge in [-0.1, -0.05) is 13.8 Å². The molecule has 0 radical (unpaired) electrons. The van der Waals surface area contributed by atoms with Crippen molar-refractivity contribution in [2.45, 2.75) is 78.5 Å². The van der Waals surface area contributed by atoms with Gasteiger partial charge in [-0.3, -0.25) is 4.68 Å². The highest BCUT2D eigenvalue weighted by molar-refractivity contribution is 14.1. The summed E-state index contributed by atoms with van der Waals surface area (Å²) >= 11 is 2.31. The van der Waals surface area contributed by atoms with Gasteiger partial charge in [0, 0.05) is 11.3 Å². The van der Waals surface area contributed by atoms with Gasteiger partial charge < -0.3 is 10.1 Å². The van der Waals surface area contributed by atoms with Crippen LogP contribution >= 0.6 is 22.6 Å². The van der Waals surface area contributed by atoms with Crippen molar-refractivity contribution in [1.82, 2.24) is 15.1 Å². The first-order valence-electron chi connectivity index (χ1n) is 9.30. The van der Waals surface area contributed by atoms with E-state index in [0.29, 0.717) is 5.92 Å². The van der Waals surface area contributed by atoms with Gasteiger partial charge in [-0.05, 0) is 75.0 Å². The Kier molecular flexibility index (Phi) is 12.3. The third-order valence-corrected chi connectivity index (χ3v) is 4.94. The second-order valence-electron chi connectivity index (χ2n) is 7.36. The zero-order valence-electron chi connectivity index (χ0n) is 17.4. The number of hydrogen-bond donors (Lipinski definition) is 1. The quantitative estimate of drug-likeness (QED) is 0.571. The fourth-order valence-electron chi connectivity index (χ4n) is 2.85. The fraction of sp³-hybridized carbons (Fsp3) is 0.684. The molecule has 1 heterocycles. The van der Waals surface area contributed by atoms with Crippen molar-refractivity contribution in [3.05, 3.63) is 15.0 Å². The number of aromatic nitrogens is 2. The lowest BCUT2D eigenvalue weighted by molar-refractivity contribution is -0.193. The summed E-state index contributed by atoms with van der Waals surface area (Å²) in [5, 5.41) is 7.75. The summed E-state index contributed by atoms with van der Waals surface area (Å²) in [5.41, 5.74) is 2.15. The lowest BCUT2D eigenvalue weighted by Gasteiger charge is -2.24. The second kappa shape index (κ2) is 13.2. The van der Waals surface area contributed by atoms with E-state index in [1.165, 1.54) is 24.1 Å². The van der Waals surface area contributed by atoms with E-state index in [0.717, 1.165) is 23.1 Å². The van der Waals surface area contributed by atoms with Gasteiger partial charge in [-0.2, -0.15) is 24.3 Å². The number of nitrogens with zero attached hydrogens (tertiary/aromatic N) is 2. The predicted octanol–water partition coefficient (Wildman–Crippen LogP) is 2.75. The first-order chi connectivity index (χ1) is 13.6. The molecule has 1 saturated carbocycles. The molecule has 0 bridgehead atoms. The minimum absolute atomic E-state index is 0.0931. The van der Waals surface area contributed by atoms with E-state index in [1.54, 1.807) is 0 Å². The molecule has 9 nitrogen and oxygen atoms in total. The zero-order chi connectivity index (χ0) is 22.6. The average molecular weight is 521 g/mol. The molecule has 0 aromatic carbocycles. The van der Waals surface area contributed by atoms with Crippen molar-refractivity contribution < 1.29 is 28.7 Å². The Labute approximate surface area is 184 Å². The molecule has 0 spiro atoms. The third-order valence-electron chi connectivity index (χ3n) is 4.07. The number of ether oxygens (including phenoxy) is 1. The van der Waals surface area contributed by atoms with Crippen LogP contribution in [-0.4, -0.2) is 39.8 Å². The molecule has 1 amide bonds. The van der Waals surface area contributed by atoms with E-state index in [-0.39, 0.29) is 24.4 Å². The molecule has 162 valence electrons. The Morgan fingerprint density at radius 3 is 2.10 bits per heavy atom. The number of rotatable bonds is 6. The second-order valence-corrected chi connectivity index (χ2v) is 8.38. The van der Waals surface area contributed by atoms with Crippen molar-refractivity contribution in [2.75, 3.05) is 0 Å². The van der Waals surface area contributed by atoms with E-state index in [4.69, 9.17) is 29.0 Å². The first-order valence-corrected chi connectivity index (χ1v) is 10.4. The maximum Gasteiger partial charge on any atom is 0.407 e. The molecule has 0 saturated heterocycles. The highest BCUT2D eigenvalue weighted by Crippen LogP contribution is 2.34. The average Bonchev–Trinajstić information content (AvgIpc) is 3.38. The van der Waals surface area contributed by atoms with E-state index < -0.39 is 5.60 Å². The standard InChI is InChI=1S/C17H28IN3O2.2CO2/c1-6-12-14(7-2)21(20-15(12)18)10-13(11-8-9-11)19-16(22)23-17(3,4)5;2*2-1-3/h11,13H,6-10H2,1-5H3,(H,19,22);;. The summed E-state index contributed by atoms with van der Waals surface area (Å²) in [7, 11) is 0. The summed E-state index contributed by atoms with van der Waals surface area (Å²) in [6, 6.07) is 0.0931. The molecule has 1 N–H and O–H groups in total. The van der Waals surface area contributed by atoms with Gasteiger partial charge in [0.2, 0.25) is 0 Å². The van der Waals surface area contributed by atoms with Gasteiger partial charge in [0.05, 0.1) is 12.6 Å². The number of amides is 1. The summed E-state index contributed by atoms with van der Waals surface area (Å²) in [4.78, 5) is 44.6. The molecule has 1 unspecified atom stereocenters. The summed E-state index contributed by atoms with van der Waals surface area (Å²) in [5.74, 6) is 0.541. The summed E-state index contributed by atoms with van der Waals surface area (Å²) < 4.78 is 8.57. The van der Waals surface area contributed by atoms with Gasteiger partial charge in [0.25, 0.3) is 0 Å². The predicted molar refractivity (Wildman–Crippen MR) is 110 cm³/mol. The van der Waals surface area contributed by atoms with E-state index in [9.17, 15) is 4.79 Å². The molecule has 1 fully saturated rings. The lowest BCUT2D eigenvalue weighted by atomic mass is 10.1. The molecule has 1 aliphatic carbocycles. The van der Waals surface area contributed by atoms with Crippen molar-refractivity contribution in [3.8, 4) is 0 Å². The monoisotopic (exact) mass is 521 g/mol. The van der Waals surface area contributed by atoms with E-state index in [1.807, 2.05) is 20.8 Å². The molecule has 1 atom stereocenters. The normalized spacial score (nSPS) is 13.4. The lowest BCUT2D eigenvalue weighted by Crippen LogP contribution is -2.42. The molecule has 10 heteroatoms. The number of carbonyl (C=O) groups is 1. The number of nitrogens with one attached hydrogen (secondary N) is 1. The molecule has 29 heavy (non-hydrogen) atoms. The number of halogens is 1. The van der Waals surface area contributed by atoms with E-state index >= 15 is 0 Å². The van der Waals surface area contributed by atoms with Crippen molar-refractivity contribution in [1.29, 1.82) is 0 Å². The minimum atomic E-state index is -0.469. The maximum atomic E-state index is 12.1. The molecule has 2 rings (SSSR count). The van der Waals surface area contributed by atoms with Crippen LogP contribution < -0.4 is 5.32 Å². The van der Waals surface area contributed by atoms with Crippen LogP contribution in [0.5, 0.6) is 0 Å². The van der Waals surface area contributed by atoms with Crippen LogP contribution in [-0.2, 0) is 43.3 Å². The molecular weight excluding hydrogens is 493 g/mol. The topological polar surface area (TPSA) is 124 Å². The Bertz CT molecular complexity index is 713. The van der Waals surface area contributed by atoms with Crippen molar-refractivity contribution in [2.24, 2.45) is 5.92 Å². The molecule has 1 aliphatic rings. The Hall–Kier alpha value is -2.03. The van der Waals surface area contributed by atoms with Gasteiger partial charge in [0.1, 0.15) is 9.30 Å². The first kappa shape index (κ1) is 27.0. The number of alkyl carbamates (subject to hydrolysis) is 1. The van der Waals surface area contributed by atoms with Crippen LogP contribution in [0.25, 0.3) is 0 Å². The Morgan fingerprint density at radius 1 is 1.21 bits per heavy atom. The SMILES string of the molecule is CCc1c(I)nn(CC(NC(=O)OC(C)(C)C)C2CC2)c1CC.O=C=O.O=C=O. The summed E-state index contributed by atoms with van der Waals surface area (Å²) in [6.45, 7) is 10.7. The highest BCUT2D eigenvalue weighted by atomic mass is 127. The van der Waals surface area contributed by atoms with Crippen LogP contribution in [0.4, 0.5) is 4.79 Å². The molecule has 0 aliphatic heterocycles. The number of carbonyl (C=O) groups excluding carboxylic acids is 5. The van der Waals surface area contributed by atoms with Crippen LogP contribution in [0.15, 0.2) is 0 Å². The summed E-state index contributed by atoms with van der Waals surface area (Å²) in [6.07, 6.45) is 4.46. The maximum absolute atomic E-state index is 12.1. The third kappa shape index (κ3) is 10.3. The minimum Gasteiger partial charge on any atom is -0.444 e. The Balaban J connectivity index is 0.00000116. The smallest absolute Gasteiger partial charge is 0.407 e. The van der Waals surface area contributed by atoms with E-state index in [2.05, 4.69) is 46.4 Å². The highest BCUT2D eigenvalue weighted by Gasteiger charge is 2.34. The van der Waals surface area contributed by atoms with Crippen LogP contribution in [0.3, 0.4) is 0 Å². The van der Waals surface area contributed by atoms with Crippen LogP contribution in [0.1, 0.15) is 58.7 Å². The molecule has 1 aromatic rings. The molecule has 1 aromatic heterocycles. The fourth-order valence-corrected chi connectivity index (χ4v) is 3.81. The largest absolute Gasteiger partial charge is 0.444 e. The van der Waals surface area contributed by atoms with Crippen molar-refractivity contribution >= 4 is 41.0 Å². The van der Waals surface area contributed by atoms with Crippen LogP contribution in [0.2, 0.25) is 0 Å². The Morgan fingerprint density at radius 2 is 1.72 bits per heavy atom. The molecular formula is C19H28IN3O6.